The summed E-state index contributed by atoms with van der Waals surface area (Å²) < 4.78 is 6.94. The topological polar surface area (TPSA) is 12.5 Å². The highest BCUT2D eigenvalue weighted by Gasteiger charge is 2.53. The number of hydrogen-bond donors (Lipinski definition) is 0. The smallest absolute Gasteiger partial charge is 0.132 e. The number of anilines is 3. The molecule has 0 aromatic heterocycles. The fraction of sp³-hybridized carbons (Fsp3) is 0.0714. The van der Waals surface area contributed by atoms with Gasteiger partial charge in [-0.05, 0) is 97.7 Å². The lowest BCUT2D eigenvalue weighted by atomic mass is 9.65. The van der Waals surface area contributed by atoms with E-state index in [9.17, 15) is 0 Å². The van der Waals surface area contributed by atoms with E-state index >= 15 is 0 Å². The molecular formula is C56H39NO. The van der Waals surface area contributed by atoms with Gasteiger partial charge in [0.25, 0.3) is 0 Å². The second kappa shape index (κ2) is 12.2. The fourth-order valence-corrected chi connectivity index (χ4v) is 10.6. The van der Waals surface area contributed by atoms with Crippen LogP contribution in [0.5, 0.6) is 11.5 Å². The number of rotatable bonds is 4. The molecule has 3 aliphatic rings. The standard InChI is InChI=1S/C56H39NO/c1-55(2)45-25-11-8-22-41(45)43-32-31-39(35-48(43)55)57(50-28-14-10-21-40(50)36-17-4-3-5-18-36)51-29-16-24-44-42-23-9-12-26-46(42)56(54(44)51)47-27-13-15-30-52(47)58-53-34-38-20-7-6-19-37(38)33-49(53)56/h3-35H,1-2H3. The first-order valence-corrected chi connectivity index (χ1v) is 20.3. The molecule has 9 aromatic rings. The summed E-state index contributed by atoms with van der Waals surface area (Å²) in [6.07, 6.45) is 0. The SMILES string of the molecule is CC1(C)c2ccccc2-c2ccc(N(c3ccccc3-c3ccccc3)c3cccc4c3C3(c5ccccc5Oc5cc6ccccc6cc53)c3ccccc3-4)cc21. The minimum Gasteiger partial charge on any atom is -0.457 e. The Kier molecular flexibility index (Phi) is 6.93. The van der Waals surface area contributed by atoms with Crippen molar-refractivity contribution in [1.82, 2.24) is 0 Å². The van der Waals surface area contributed by atoms with Crippen LogP contribution in [0.15, 0.2) is 200 Å². The summed E-state index contributed by atoms with van der Waals surface area (Å²) in [5.74, 6) is 1.78. The molecule has 1 heterocycles. The van der Waals surface area contributed by atoms with Gasteiger partial charge in [-0.25, -0.2) is 0 Å². The first kappa shape index (κ1) is 33.0. The van der Waals surface area contributed by atoms with Crippen molar-refractivity contribution in [2.24, 2.45) is 0 Å². The van der Waals surface area contributed by atoms with Crippen LogP contribution in [-0.4, -0.2) is 0 Å². The van der Waals surface area contributed by atoms with Crippen LogP contribution in [-0.2, 0) is 10.8 Å². The van der Waals surface area contributed by atoms with Gasteiger partial charge < -0.3 is 9.64 Å². The summed E-state index contributed by atoms with van der Waals surface area (Å²) in [6.45, 7) is 4.74. The van der Waals surface area contributed by atoms with E-state index < -0.39 is 5.41 Å². The minimum absolute atomic E-state index is 0.164. The monoisotopic (exact) mass is 741 g/mol. The van der Waals surface area contributed by atoms with E-state index in [-0.39, 0.29) is 5.41 Å². The molecule has 2 heteroatoms. The molecule has 1 spiro atoms. The molecule has 0 radical (unpaired) electrons. The molecule has 2 aliphatic carbocycles. The lowest BCUT2D eigenvalue weighted by molar-refractivity contribution is 0.437. The number of benzene rings is 9. The molecule has 1 atom stereocenters. The van der Waals surface area contributed by atoms with Crippen molar-refractivity contribution in [2.45, 2.75) is 24.7 Å². The van der Waals surface area contributed by atoms with Gasteiger partial charge in [0.1, 0.15) is 11.5 Å². The summed E-state index contributed by atoms with van der Waals surface area (Å²) >= 11 is 0. The minimum atomic E-state index is -0.678. The summed E-state index contributed by atoms with van der Waals surface area (Å²) in [7, 11) is 0. The number of nitrogens with zero attached hydrogens (tertiary/aromatic N) is 1. The third-order valence-electron chi connectivity index (χ3n) is 13.1. The van der Waals surface area contributed by atoms with Gasteiger partial charge in [-0.1, -0.05) is 172 Å². The van der Waals surface area contributed by atoms with Gasteiger partial charge in [-0.3, -0.25) is 0 Å². The average Bonchev–Trinajstić information content (AvgIpc) is 3.70. The van der Waals surface area contributed by atoms with E-state index in [1.807, 2.05) is 0 Å². The maximum absolute atomic E-state index is 6.94. The Morgan fingerprint density at radius 2 is 0.966 bits per heavy atom. The summed E-state index contributed by atoms with van der Waals surface area (Å²) in [5, 5.41) is 2.36. The molecule has 58 heavy (non-hydrogen) atoms. The van der Waals surface area contributed by atoms with Gasteiger partial charge in [-0.2, -0.15) is 0 Å². The molecule has 1 unspecified atom stereocenters. The summed E-state index contributed by atoms with van der Waals surface area (Å²) in [6, 6.07) is 73.7. The maximum Gasteiger partial charge on any atom is 0.132 e. The van der Waals surface area contributed by atoms with Crippen LogP contribution in [0.4, 0.5) is 17.1 Å². The van der Waals surface area contributed by atoms with Crippen LogP contribution < -0.4 is 9.64 Å². The number of para-hydroxylation sites is 2. The quantitative estimate of drug-likeness (QED) is 0.178. The van der Waals surface area contributed by atoms with Crippen molar-refractivity contribution < 1.29 is 4.74 Å². The Labute approximate surface area is 339 Å². The molecule has 0 N–H and O–H groups in total. The van der Waals surface area contributed by atoms with Gasteiger partial charge in [0, 0.05) is 33.4 Å². The molecule has 9 aromatic carbocycles. The molecule has 0 bridgehead atoms. The molecular weight excluding hydrogens is 703 g/mol. The second-order valence-electron chi connectivity index (χ2n) is 16.4. The number of hydrogen-bond acceptors (Lipinski definition) is 2. The Morgan fingerprint density at radius 3 is 1.78 bits per heavy atom. The second-order valence-corrected chi connectivity index (χ2v) is 16.4. The van der Waals surface area contributed by atoms with Crippen molar-refractivity contribution in [3.63, 3.8) is 0 Å². The third-order valence-corrected chi connectivity index (χ3v) is 13.1. The van der Waals surface area contributed by atoms with Crippen LogP contribution >= 0.6 is 0 Å². The number of ether oxygens (including phenoxy) is 1. The molecule has 0 saturated carbocycles. The highest BCUT2D eigenvalue weighted by atomic mass is 16.5. The highest BCUT2D eigenvalue weighted by Crippen LogP contribution is 2.65. The predicted octanol–water partition coefficient (Wildman–Crippen LogP) is 14.8. The molecule has 12 rings (SSSR count). The van der Waals surface area contributed by atoms with Crippen LogP contribution in [0.2, 0.25) is 0 Å². The fourth-order valence-electron chi connectivity index (χ4n) is 10.6. The normalized spacial score (nSPS) is 16.1. The lowest BCUT2D eigenvalue weighted by Gasteiger charge is -2.42. The molecule has 0 amide bonds. The summed E-state index contributed by atoms with van der Waals surface area (Å²) in [5.41, 5.74) is 17.6. The van der Waals surface area contributed by atoms with Crippen molar-refractivity contribution in [2.75, 3.05) is 4.90 Å². The Morgan fingerprint density at radius 1 is 0.379 bits per heavy atom. The van der Waals surface area contributed by atoms with Gasteiger partial charge in [-0.15, -0.1) is 0 Å². The van der Waals surface area contributed by atoms with Gasteiger partial charge in [0.15, 0.2) is 0 Å². The van der Waals surface area contributed by atoms with Crippen molar-refractivity contribution in [1.29, 1.82) is 0 Å². The zero-order valence-corrected chi connectivity index (χ0v) is 32.4. The third kappa shape index (κ3) is 4.43. The molecule has 0 fully saturated rings. The van der Waals surface area contributed by atoms with Crippen LogP contribution in [0, 0.1) is 0 Å². The van der Waals surface area contributed by atoms with Gasteiger partial charge in [0.05, 0.1) is 16.8 Å². The van der Waals surface area contributed by atoms with E-state index in [0.717, 1.165) is 45.1 Å². The summed E-state index contributed by atoms with van der Waals surface area (Å²) in [4.78, 5) is 2.55. The van der Waals surface area contributed by atoms with Crippen LogP contribution in [0.3, 0.4) is 0 Å². The first-order chi connectivity index (χ1) is 28.5. The van der Waals surface area contributed by atoms with Crippen molar-refractivity contribution in [3.8, 4) is 44.9 Å². The van der Waals surface area contributed by atoms with E-state index in [4.69, 9.17) is 4.74 Å². The number of fused-ring (bicyclic) bond motifs is 13. The highest BCUT2D eigenvalue weighted by molar-refractivity contribution is 5.99. The average molecular weight is 742 g/mol. The first-order valence-electron chi connectivity index (χ1n) is 20.3. The Bertz CT molecular complexity index is 3140. The van der Waals surface area contributed by atoms with Gasteiger partial charge in [0.2, 0.25) is 0 Å². The zero-order chi connectivity index (χ0) is 38.6. The van der Waals surface area contributed by atoms with Crippen molar-refractivity contribution in [3.05, 3.63) is 234 Å². The van der Waals surface area contributed by atoms with Crippen LogP contribution in [0.1, 0.15) is 47.2 Å². The lowest BCUT2D eigenvalue weighted by Crippen LogP contribution is -2.33. The van der Waals surface area contributed by atoms with E-state index in [2.05, 4.69) is 219 Å². The van der Waals surface area contributed by atoms with Gasteiger partial charge >= 0.3 is 0 Å². The predicted molar refractivity (Wildman–Crippen MR) is 239 cm³/mol. The van der Waals surface area contributed by atoms with E-state index in [0.29, 0.717) is 0 Å². The zero-order valence-electron chi connectivity index (χ0n) is 32.4. The van der Waals surface area contributed by atoms with E-state index in [1.54, 1.807) is 0 Å². The largest absolute Gasteiger partial charge is 0.457 e. The van der Waals surface area contributed by atoms with E-state index in [1.165, 1.54) is 61.0 Å². The maximum atomic E-state index is 6.94. The molecule has 274 valence electrons. The molecule has 1 aliphatic heterocycles. The molecule has 0 saturated heterocycles. The Hall–Kier alpha value is -7.16. The van der Waals surface area contributed by atoms with Crippen LogP contribution in [0.25, 0.3) is 44.2 Å². The molecule has 2 nitrogen and oxygen atoms in total. The Balaban J connectivity index is 1.21. The van der Waals surface area contributed by atoms with Crippen molar-refractivity contribution >= 4 is 27.8 Å².